The van der Waals surface area contributed by atoms with Crippen LogP contribution in [0.15, 0.2) is 96.5 Å². The molecule has 0 saturated carbocycles. The first kappa shape index (κ1) is 21.8. The summed E-state index contributed by atoms with van der Waals surface area (Å²) in [5.41, 5.74) is 6.22. The van der Waals surface area contributed by atoms with Gasteiger partial charge in [0.25, 0.3) is 0 Å². The van der Waals surface area contributed by atoms with Crippen molar-refractivity contribution in [2.24, 2.45) is 0 Å². The third-order valence-corrected chi connectivity index (χ3v) is 6.96. The number of aromatic nitrogens is 2. The summed E-state index contributed by atoms with van der Waals surface area (Å²) in [5, 5.41) is 11.5. The summed E-state index contributed by atoms with van der Waals surface area (Å²) in [7, 11) is 2.11. The summed E-state index contributed by atoms with van der Waals surface area (Å²) < 4.78 is 8.48. The first-order valence-corrected chi connectivity index (χ1v) is 11.9. The second kappa shape index (κ2) is 8.47. The Hall–Kier alpha value is -4.76. The van der Waals surface area contributed by atoms with Gasteiger partial charge in [0.2, 0.25) is 0 Å². The molecule has 3 heterocycles. The lowest BCUT2D eigenvalue weighted by atomic mass is 10.1. The lowest BCUT2D eigenvalue weighted by Crippen LogP contribution is -2.24. The fourth-order valence-electron chi connectivity index (χ4n) is 4.89. The highest BCUT2D eigenvalue weighted by Crippen LogP contribution is 2.36. The quantitative estimate of drug-likeness (QED) is 0.288. The largest absolute Gasteiger partial charge is 0.457 e. The van der Waals surface area contributed by atoms with Crippen LogP contribution in [-0.4, -0.2) is 28.2 Å². The molecule has 0 aliphatic carbocycles. The highest BCUT2D eigenvalue weighted by Gasteiger charge is 2.22. The lowest BCUT2D eigenvalue weighted by molar-refractivity contribution is 0.459. The van der Waals surface area contributed by atoms with E-state index in [2.05, 4.69) is 64.5 Å². The molecule has 36 heavy (non-hydrogen) atoms. The Morgan fingerprint density at radius 1 is 0.833 bits per heavy atom. The second-order valence-electron chi connectivity index (χ2n) is 9.08. The van der Waals surface area contributed by atoms with Crippen molar-refractivity contribution in [3.05, 3.63) is 102 Å². The van der Waals surface area contributed by atoms with Crippen LogP contribution in [0.5, 0.6) is 11.5 Å². The maximum absolute atomic E-state index is 9.45. The van der Waals surface area contributed by atoms with Crippen LogP contribution in [0.25, 0.3) is 27.6 Å². The third kappa shape index (κ3) is 3.53. The van der Waals surface area contributed by atoms with Gasteiger partial charge in [0.15, 0.2) is 0 Å². The zero-order valence-electron chi connectivity index (χ0n) is 20.4. The van der Waals surface area contributed by atoms with E-state index in [1.54, 1.807) is 6.20 Å². The molecule has 0 atom stereocenters. The molecule has 0 saturated heterocycles. The van der Waals surface area contributed by atoms with E-state index in [4.69, 9.17) is 4.74 Å². The summed E-state index contributed by atoms with van der Waals surface area (Å²) in [4.78, 5) is 9.13. The minimum absolute atomic E-state index is 0.631. The Kier molecular flexibility index (Phi) is 5.12. The molecule has 6 nitrogen and oxygen atoms in total. The number of anilines is 1. The molecule has 0 N–H and O–H groups in total. The molecule has 3 aromatic carbocycles. The van der Waals surface area contributed by atoms with E-state index < -0.39 is 0 Å². The number of allylic oxidation sites excluding steroid dienone is 2. The Labute approximate surface area is 209 Å². The highest BCUT2D eigenvalue weighted by atomic mass is 16.5. The molecule has 0 fully saturated rings. The zero-order chi connectivity index (χ0) is 24.8. The van der Waals surface area contributed by atoms with Crippen LogP contribution in [0.1, 0.15) is 19.4 Å². The molecule has 5 aromatic rings. The van der Waals surface area contributed by atoms with Crippen LogP contribution < -0.4 is 9.64 Å². The Balaban J connectivity index is 1.43. The number of hydrogen-bond acceptors (Lipinski definition) is 5. The van der Waals surface area contributed by atoms with E-state index >= 15 is 0 Å². The maximum atomic E-state index is 9.45. The van der Waals surface area contributed by atoms with Crippen LogP contribution in [0.4, 0.5) is 5.69 Å². The van der Waals surface area contributed by atoms with Crippen molar-refractivity contribution in [1.29, 1.82) is 5.26 Å². The van der Waals surface area contributed by atoms with Crippen molar-refractivity contribution < 1.29 is 4.74 Å². The van der Waals surface area contributed by atoms with Gasteiger partial charge in [-0.05, 0) is 68.4 Å². The van der Waals surface area contributed by atoms with E-state index in [-0.39, 0.29) is 0 Å². The van der Waals surface area contributed by atoms with Gasteiger partial charge in [0.1, 0.15) is 17.3 Å². The Bertz CT molecular complexity index is 1690. The molecule has 0 radical (unpaired) electrons. The van der Waals surface area contributed by atoms with Gasteiger partial charge >= 0.3 is 0 Å². The van der Waals surface area contributed by atoms with Gasteiger partial charge in [-0.2, -0.15) is 5.26 Å². The molecule has 1 aliphatic rings. The van der Waals surface area contributed by atoms with Crippen molar-refractivity contribution in [1.82, 2.24) is 14.5 Å². The standard InChI is InChI=1S/C30H25N5O/c1-20-21(2)34(19-33(20)3)23-7-6-8-24(16-23)36-25-11-12-26-27-15-22(18-31)10-13-28(27)35(29(26)17-25)30-9-4-5-14-32-30/h4-17H,19H2,1-3H3. The molecule has 0 spiro atoms. The number of hydrogen-bond donors (Lipinski definition) is 0. The van der Waals surface area contributed by atoms with Crippen LogP contribution in [0, 0.1) is 11.3 Å². The number of rotatable bonds is 4. The van der Waals surface area contributed by atoms with Gasteiger partial charge in [-0.15, -0.1) is 0 Å². The Morgan fingerprint density at radius 2 is 1.69 bits per heavy atom. The molecule has 176 valence electrons. The predicted octanol–water partition coefficient (Wildman–Crippen LogP) is 6.80. The monoisotopic (exact) mass is 471 g/mol. The number of nitrogens with zero attached hydrogens (tertiary/aromatic N) is 5. The van der Waals surface area contributed by atoms with Gasteiger partial charge in [-0.25, -0.2) is 4.98 Å². The van der Waals surface area contributed by atoms with Gasteiger partial charge in [0.05, 0.1) is 29.3 Å². The van der Waals surface area contributed by atoms with Gasteiger partial charge in [-0.1, -0.05) is 12.1 Å². The fraction of sp³-hybridized carbons (Fsp3) is 0.133. The fourth-order valence-corrected chi connectivity index (χ4v) is 4.89. The summed E-state index contributed by atoms with van der Waals surface area (Å²) in [5.74, 6) is 2.33. The van der Waals surface area contributed by atoms with E-state index in [0.717, 1.165) is 51.5 Å². The molecule has 6 rings (SSSR count). The molecule has 0 bridgehead atoms. The van der Waals surface area contributed by atoms with Crippen LogP contribution in [-0.2, 0) is 0 Å². The van der Waals surface area contributed by atoms with E-state index in [1.807, 2.05) is 60.7 Å². The number of fused-ring (bicyclic) bond motifs is 3. The number of pyridine rings is 1. The van der Waals surface area contributed by atoms with Crippen molar-refractivity contribution in [2.75, 3.05) is 18.6 Å². The number of nitriles is 1. The number of ether oxygens (including phenoxy) is 1. The highest BCUT2D eigenvalue weighted by molar-refractivity contribution is 6.09. The predicted molar refractivity (Wildman–Crippen MR) is 143 cm³/mol. The molecular formula is C30H25N5O. The second-order valence-corrected chi connectivity index (χ2v) is 9.08. The molecule has 0 unspecified atom stereocenters. The SMILES string of the molecule is CC1=C(C)N(c2cccc(Oc3ccc4c5cc(C#N)ccc5n(-c5ccccn5)c4c3)c2)CN1C. The van der Waals surface area contributed by atoms with Crippen LogP contribution in [0.3, 0.4) is 0 Å². The molecule has 6 heteroatoms. The van der Waals surface area contributed by atoms with Crippen molar-refractivity contribution in [2.45, 2.75) is 13.8 Å². The average molecular weight is 472 g/mol. The van der Waals surface area contributed by atoms with Crippen molar-refractivity contribution >= 4 is 27.5 Å². The summed E-state index contributed by atoms with van der Waals surface area (Å²) in [6, 6.07) is 28.2. The van der Waals surface area contributed by atoms with Gasteiger partial charge < -0.3 is 14.5 Å². The number of benzene rings is 3. The average Bonchev–Trinajstić information content (AvgIpc) is 3.37. The Morgan fingerprint density at radius 3 is 2.44 bits per heavy atom. The first-order chi connectivity index (χ1) is 17.5. The molecular weight excluding hydrogens is 446 g/mol. The molecule has 0 amide bonds. The summed E-state index contributed by atoms with van der Waals surface area (Å²) in [6.45, 7) is 5.11. The smallest absolute Gasteiger partial charge is 0.137 e. The first-order valence-electron chi connectivity index (χ1n) is 11.9. The molecule has 2 aromatic heterocycles. The lowest BCUT2D eigenvalue weighted by Gasteiger charge is -2.21. The van der Waals surface area contributed by atoms with Crippen LogP contribution in [0.2, 0.25) is 0 Å². The minimum atomic E-state index is 0.631. The minimum Gasteiger partial charge on any atom is -0.457 e. The van der Waals surface area contributed by atoms with E-state index in [0.29, 0.717) is 5.56 Å². The normalized spacial score (nSPS) is 13.6. The van der Waals surface area contributed by atoms with Crippen LogP contribution >= 0.6 is 0 Å². The maximum Gasteiger partial charge on any atom is 0.137 e. The summed E-state index contributed by atoms with van der Waals surface area (Å²) >= 11 is 0. The van der Waals surface area contributed by atoms with Crippen molar-refractivity contribution in [3.8, 4) is 23.4 Å². The van der Waals surface area contributed by atoms with E-state index in [1.165, 1.54) is 11.4 Å². The molecule has 1 aliphatic heterocycles. The zero-order valence-corrected chi connectivity index (χ0v) is 20.4. The third-order valence-electron chi connectivity index (χ3n) is 6.96. The van der Waals surface area contributed by atoms with E-state index in [9.17, 15) is 5.26 Å². The van der Waals surface area contributed by atoms with Gasteiger partial charge in [-0.3, -0.25) is 4.57 Å². The van der Waals surface area contributed by atoms with Crippen molar-refractivity contribution in [3.63, 3.8) is 0 Å². The summed E-state index contributed by atoms with van der Waals surface area (Å²) in [6.07, 6.45) is 1.79. The topological polar surface area (TPSA) is 57.3 Å². The van der Waals surface area contributed by atoms with Gasteiger partial charge in [0, 0.05) is 53.2 Å².